The molecule has 0 unspecified atom stereocenters. The molecule has 0 aliphatic carbocycles. The lowest BCUT2D eigenvalue weighted by Crippen LogP contribution is -2.24. The van der Waals surface area contributed by atoms with Crippen molar-refractivity contribution >= 4 is 34.2 Å². The van der Waals surface area contributed by atoms with E-state index in [0.29, 0.717) is 23.5 Å². The maximum absolute atomic E-state index is 12.8. The van der Waals surface area contributed by atoms with Gasteiger partial charge in [0.15, 0.2) is 0 Å². The summed E-state index contributed by atoms with van der Waals surface area (Å²) in [5.74, 6) is -0.131. The minimum absolute atomic E-state index is 0.233. The third kappa shape index (κ3) is 4.49. The highest BCUT2D eigenvalue weighted by atomic mass is 16.5. The Morgan fingerprint density at radius 1 is 1.23 bits per heavy atom. The Morgan fingerprint density at radius 2 is 2.03 bits per heavy atom. The van der Waals surface area contributed by atoms with Crippen LogP contribution in [0.15, 0.2) is 55.3 Å². The molecule has 0 fully saturated rings. The molecule has 0 saturated heterocycles. The van der Waals surface area contributed by atoms with Crippen LogP contribution in [0.5, 0.6) is 5.75 Å². The number of amides is 1. The fraction of sp³-hybridized carbons (Fsp3) is 0.208. The summed E-state index contributed by atoms with van der Waals surface area (Å²) in [7, 11) is 0. The number of ether oxygens (including phenoxy) is 1. The molecule has 6 heteroatoms. The molecule has 0 aliphatic heterocycles. The number of nitrogens with one attached hydrogen (secondary N) is 2. The van der Waals surface area contributed by atoms with Crippen molar-refractivity contribution in [3.8, 4) is 5.75 Å². The van der Waals surface area contributed by atoms with Crippen LogP contribution in [-0.2, 0) is 11.2 Å². The molecule has 0 bridgehead atoms. The second-order valence-corrected chi connectivity index (χ2v) is 6.91. The Bertz CT molecular complexity index is 1120. The number of carbonyl (C=O) groups is 2. The molecule has 1 heterocycles. The van der Waals surface area contributed by atoms with Crippen molar-refractivity contribution in [1.82, 2.24) is 10.3 Å². The molecule has 2 N–H and O–H groups in total. The third-order valence-electron chi connectivity index (χ3n) is 4.73. The summed E-state index contributed by atoms with van der Waals surface area (Å²) in [6.45, 7) is 9.36. The summed E-state index contributed by atoms with van der Waals surface area (Å²) in [4.78, 5) is 28.6. The normalized spacial score (nSPS) is 10.5. The monoisotopic (exact) mass is 403 g/mol. The van der Waals surface area contributed by atoms with Crippen LogP contribution in [-0.4, -0.2) is 23.4 Å². The second-order valence-electron chi connectivity index (χ2n) is 6.91. The van der Waals surface area contributed by atoms with Gasteiger partial charge in [0.1, 0.15) is 5.75 Å². The van der Waals surface area contributed by atoms with Crippen molar-refractivity contribution in [2.24, 2.45) is 0 Å². The number of aryl methyl sites for hydroxylation is 2. The van der Waals surface area contributed by atoms with Gasteiger partial charge in [0.2, 0.25) is 0 Å². The lowest BCUT2D eigenvalue weighted by atomic mass is 10.0. The lowest BCUT2D eigenvalue weighted by Gasteiger charge is -2.17. The summed E-state index contributed by atoms with van der Waals surface area (Å²) in [5.41, 5.74) is 4.77. The quantitative estimate of drug-likeness (QED) is 0.340. The fourth-order valence-electron chi connectivity index (χ4n) is 3.28. The van der Waals surface area contributed by atoms with Crippen LogP contribution in [0.1, 0.15) is 35.3 Å². The highest BCUT2D eigenvalue weighted by Gasteiger charge is 2.17. The van der Waals surface area contributed by atoms with Crippen LogP contribution < -0.4 is 15.4 Å². The van der Waals surface area contributed by atoms with E-state index in [0.717, 1.165) is 34.1 Å². The van der Waals surface area contributed by atoms with E-state index < -0.39 is 0 Å². The standard InChI is InChI=1S/C24H25N3O3/c1-5-12-25-24(29)20-14-26-22-17(6-2)8-7-9-19(22)23(20)27-21-11-10-18(13-15(21)3)30-16(4)28/h5,7-11,13-14H,1,6,12H2,2-4H3,(H,25,29)(H,26,27). The summed E-state index contributed by atoms with van der Waals surface area (Å²) in [5, 5.41) is 7.09. The summed E-state index contributed by atoms with van der Waals surface area (Å²) in [6.07, 6.45) is 4.07. The van der Waals surface area contributed by atoms with Crippen molar-refractivity contribution in [1.29, 1.82) is 0 Å². The number of hydrogen-bond donors (Lipinski definition) is 2. The molecule has 0 spiro atoms. The average Bonchev–Trinajstić information content (AvgIpc) is 2.73. The Hall–Kier alpha value is -3.67. The largest absolute Gasteiger partial charge is 0.427 e. The number of esters is 1. The average molecular weight is 403 g/mol. The van der Waals surface area contributed by atoms with E-state index >= 15 is 0 Å². The Morgan fingerprint density at radius 3 is 2.70 bits per heavy atom. The molecule has 0 atom stereocenters. The lowest BCUT2D eigenvalue weighted by molar-refractivity contribution is -0.131. The molecule has 0 saturated carbocycles. The van der Waals surface area contributed by atoms with Gasteiger partial charge in [-0.15, -0.1) is 6.58 Å². The number of pyridine rings is 1. The maximum Gasteiger partial charge on any atom is 0.308 e. The minimum Gasteiger partial charge on any atom is -0.427 e. The van der Waals surface area contributed by atoms with Gasteiger partial charge >= 0.3 is 5.97 Å². The molecular formula is C24H25N3O3. The first-order valence-electron chi connectivity index (χ1n) is 9.80. The molecule has 6 nitrogen and oxygen atoms in total. The van der Waals surface area contributed by atoms with Crippen LogP contribution in [0, 0.1) is 6.92 Å². The third-order valence-corrected chi connectivity index (χ3v) is 4.73. The molecule has 2 aromatic carbocycles. The van der Waals surface area contributed by atoms with Gasteiger partial charge < -0.3 is 15.4 Å². The van der Waals surface area contributed by atoms with E-state index in [1.165, 1.54) is 6.92 Å². The number of aromatic nitrogens is 1. The number of rotatable bonds is 7. The van der Waals surface area contributed by atoms with E-state index in [1.807, 2.05) is 31.2 Å². The SMILES string of the molecule is C=CCNC(=O)c1cnc2c(CC)cccc2c1Nc1ccc(OC(C)=O)cc1C. The topological polar surface area (TPSA) is 80.3 Å². The first-order valence-corrected chi connectivity index (χ1v) is 9.80. The Balaban J connectivity index is 2.11. The highest BCUT2D eigenvalue weighted by Crippen LogP contribution is 2.33. The van der Waals surface area contributed by atoms with E-state index in [-0.39, 0.29) is 11.9 Å². The van der Waals surface area contributed by atoms with Crippen molar-refractivity contribution in [3.63, 3.8) is 0 Å². The number of para-hydroxylation sites is 1. The van der Waals surface area contributed by atoms with E-state index in [1.54, 1.807) is 24.4 Å². The smallest absolute Gasteiger partial charge is 0.308 e. The van der Waals surface area contributed by atoms with Gasteiger partial charge in [-0.1, -0.05) is 31.2 Å². The van der Waals surface area contributed by atoms with Crippen LogP contribution in [0.4, 0.5) is 11.4 Å². The van der Waals surface area contributed by atoms with E-state index in [4.69, 9.17) is 4.74 Å². The van der Waals surface area contributed by atoms with Crippen molar-refractivity contribution in [2.75, 3.05) is 11.9 Å². The Kier molecular flexibility index (Phi) is 6.47. The van der Waals surface area contributed by atoms with Crippen LogP contribution >= 0.6 is 0 Å². The molecule has 0 aliphatic rings. The zero-order valence-electron chi connectivity index (χ0n) is 17.4. The number of hydrogen-bond acceptors (Lipinski definition) is 5. The predicted octanol–water partition coefficient (Wildman–Crippen LogP) is 4.69. The highest BCUT2D eigenvalue weighted by molar-refractivity contribution is 6.08. The summed E-state index contributed by atoms with van der Waals surface area (Å²) in [6, 6.07) is 11.3. The zero-order valence-corrected chi connectivity index (χ0v) is 17.4. The zero-order chi connectivity index (χ0) is 21.7. The van der Waals surface area contributed by atoms with Crippen LogP contribution in [0.3, 0.4) is 0 Å². The number of fused-ring (bicyclic) bond motifs is 1. The number of nitrogens with zero attached hydrogens (tertiary/aromatic N) is 1. The first kappa shape index (κ1) is 21.0. The van der Waals surface area contributed by atoms with Crippen molar-refractivity contribution in [2.45, 2.75) is 27.2 Å². The van der Waals surface area contributed by atoms with Gasteiger partial charge in [0.25, 0.3) is 5.91 Å². The van der Waals surface area contributed by atoms with Crippen LogP contribution in [0.2, 0.25) is 0 Å². The first-order chi connectivity index (χ1) is 14.4. The minimum atomic E-state index is -0.372. The number of anilines is 2. The van der Waals surface area contributed by atoms with Gasteiger partial charge in [0.05, 0.1) is 16.8 Å². The van der Waals surface area contributed by atoms with Gasteiger partial charge in [-0.25, -0.2) is 0 Å². The van der Waals surface area contributed by atoms with E-state index in [9.17, 15) is 9.59 Å². The predicted molar refractivity (Wildman–Crippen MR) is 119 cm³/mol. The molecule has 0 radical (unpaired) electrons. The molecule has 1 aromatic heterocycles. The fourth-order valence-corrected chi connectivity index (χ4v) is 3.28. The maximum atomic E-state index is 12.8. The van der Waals surface area contributed by atoms with Gasteiger partial charge in [-0.3, -0.25) is 14.6 Å². The van der Waals surface area contributed by atoms with Gasteiger partial charge in [-0.2, -0.15) is 0 Å². The van der Waals surface area contributed by atoms with E-state index in [2.05, 4.69) is 29.1 Å². The molecule has 3 rings (SSSR count). The molecule has 3 aromatic rings. The molecular weight excluding hydrogens is 378 g/mol. The van der Waals surface area contributed by atoms with Crippen molar-refractivity contribution in [3.05, 3.63) is 71.9 Å². The molecule has 1 amide bonds. The molecule has 154 valence electrons. The second kappa shape index (κ2) is 9.22. The molecule has 30 heavy (non-hydrogen) atoms. The van der Waals surface area contributed by atoms with Gasteiger partial charge in [0, 0.05) is 30.7 Å². The summed E-state index contributed by atoms with van der Waals surface area (Å²) >= 11 is 0. The summed E-state index contributed by atoms with van der Waals surface area (Å²) < 4.78 is 5.16. The Labute approximate surface area is 176 Å². The number of carbonyl (C=O) groups excluding carboxylic acids is 2. The van der Waals surface area contributed by atoms with Crippen molar-refractivity contribution < 1.29 is 14.3 Å². The van der Waals surface area contributed by atoms with Gasteiger partial charge in [-0.05, 0) is 42.7 Å². The number of benzene rings is 2. The van der Waals surface area contributed by atoms with Crippen LogP contribution in [0.25, 0.3) is 10.9 Å².